The van der Waals surface area contributed by atoms with E-state index in [0.717, 1.165) is 32.7 Å². The Labute approximate surface area is 247 Å². The average molecular weight is 710 g/mol. The van der Waals surface area contributed by atoms with Gasteiger partial charge in [-0.2, -0.15) is 0 Å². The topological polar surface area (TPSA) is 106 Å². The van der Waals surface area contributed by atoms with Crippen molar-refractivity contribution in [2.24, 2.45) is 0 Å². The number of hydrogen-bond acceptors (Lipinski definition) is 6. The monoisotopic (exact) mass is 709 g/mol. The molecule has 41 heavy (non-hydrogen) atoms. The molecule has 0 fully saturated rings. The summed E-state index contributed by atoms with van der Waals surface area (Å²) in [4.78, 5) is 39.5. The van der Waals surface area contributed by atoms with E-state index in [1.807, 2.05) is 84.9 Å². The SMILES string of the molecule is C1=CC2c3nc(nc4[n-]c(nc5nc(nc6[n-]c(n3)c3ccccc63)-c3ccccc3-5)c3ccccc43)C2C=C1.[Pt+2]. The second-order valence-electron chi connectivity index (χ2n) is 10.0. The fraction of sp³-hybridized carbons (Fsp3) is 0.0625. The minimum Gasteiger partial charge on any atom is -0.357 e. The van der Waals surface area contributed by atoms with Crippen LogP contribution in [0.1, 0.15) is 23.5 Å². The zero-order valence-corrected chi connectivity index (χ0v) is 23.6. The molecule has 8 nitrogen and oxygen atoms in total. The zero-order valence-electron chi connectivity index (χ0n) is 21.3. The normalized spacial score (nSPS) is 16.9. The van der Waals surface area contributed by atoms with Gasteiger partial charge in [-0.1, -0.05) is 97.1 Å². The molecule has 8 bridgehead atoms. The molecule has 0 spiro atoms. The number of nitrogens with zero attached hydrogens (tertiary/aromatic N) is 8. The molecule has 196 valence electrons. The van der Waals surface area contributed by atoms with E-state index in [-0.39, 0.29) is 32.9 Å². The fourth-order valence-electron chi connectivity index (χ4n) is 5.78. The van der Waals surface area contributed by atoms with E-state index < -0.39 is 0 Å². The van der Waals surface area contributed by atoms with Crippen LogP contribution in [-0.4, -0.2) is 29.9 Å². The molecule has 9 rings (SSSR count). The van der Waals surface area contributed by atoms with E-state index in [2.05, 4.69) is 12.2 Å². The molecular formula is C32H18N8Pt. The van der Waals surface area contributed by atoms with Gasteiger partial charge in [0.2, 0.25) is 0 Å². The van der Waals surface area contributed by atoms with Crippen molar-refractivity contribution in [3.05, 3.63) is 109 Å². The van der Waals surface area contributed by atoms with Crippen molar-refractivity contribution >= 4 is 44.1 Å². The smallest absolute Gasteiger partial charge is 0.357 e. The molecule has 3 aromatic carbocycles. The molecule has 0 amide bonds. The first-order valence-electron chi connectivity index (χ1n) is 13.1. The Morgan fingerprint density at radius 2 is 0.829 bits per heavy atom. The van der Waals surface area contributed by atoms with Gasteiger partial charge in [-0.25, -0.2) is 4.98 Å². The summed E-state index contributed by atoms with van der Waals surface area (Å²) in [6.07, 6.45) is 8.31. The fourth-order valence-corrected chi connectivity index (χ4v) is 5.78. The molecule has 2 unspecified atom stereocenters. The van der Waals surface area contributed by atoms with Gasteiger partial charge in [0.15, 0.2) is 0 Å². The van der Waals surface area contributed by atoms with Crippen LogP contribution < -0.4 is 9.97 Å². The Kier molecular flexibility index (Phi) is 5.34. The molecule has 0 saturated carbocycles. The predicted molar refractivity (Wildman–Crippen MR) is 153 cm³/mol. The van der Waals surface area contributed by atoms with Gasteiger partial charge in [0, 0.05) is 45.6 Å². The molecule has 0 saturated heterocycles. The van der Waals surface area contributed by atoms with Crippen LogP contribution in [0.25, 0.3) is 66.9 Å². The van der Waals surface area contributed by atoms with E-state index in [4.69, 9.17) is 39.9 Å². The molecule has 0 N–H and O–H groups in total. The summed E-state index contributed by atoms with van der Waals surface area (Å²) in [7, 11) is 0. The summed E-state index contributed by atoms with van der Waals surface area (Å²) >= 11 is 0. The van der Waals surface area contributed by atoms with Gasteiger partial charge in [-0.3, -0.25) is 4.98 Å². The van der Waals surface area contributed by atoms with Crippen molar-refractivity contribution in [2.45, 2.75) is 11.8 Å². The van der Waals surface area contributed by atoms with E-state index in [9.17, 15) is 0 Å². The Morgan fingerprint density at radius 1 is 0.439 bits per heavy atom. The summed E-state index contributed by atoms with van der Waals surface area (Å²) < 4.78 is 0. The summed E-state index contributed by atoms with van der Waals surface area (Å²) in [5.74, 6) is 2.39. The standard InChI is InChI=1S/C32H18N8.Pt/c1-2-10-18-17(9-1)25-33-26(18)38-28-21-13-5-6-14-22(21)30(35-28)40-32-24-16-8-7-15-23(24)31(36-32)39-29-20-12-4-3-11-19(20)27(34-29)37-25;/h1-18H;/q-2;+2. The van der Waals surface area contributed by atoms with Gasteiger partial charge < -0.3 is 29.9 Å². The van der Waals surface area contributed by atoms with Crippen molar-refractivity contribution in [1.82, 2.24) is 39.9 Å². The van der Waals surface area contributed by atoms with Gasteiger partial charge in [-0.05, 0) is 21.5 Å². The van der Waals surface area contributed by atoms with Crippen LogP contribution in [0.4, 0.5) is 0 Å². The maximum atomic E-state index is 5.01. The summed E-state index contributed by atoms with van der Waals surface area (Å²) in [5, 5.41) is 3.65. The molecule has 3 aliphatic rings. The molecule has 1 aliphatic carbocycles. The van der Waals surface area contributed by atoms with E-state index in [1.54, 1.807) is 0 Å². The Hall–Kier alpha value is -4.81. The first kappa shape index (κ1) is 24.0. The molecular weight excluding hydrogens is 691 g/mol. The number of aromatic nitrogens is 8. The molecule has 3 aromatic heterocycles. The Balaban J connectivity index is 0.00000256. The first-order valence-corrected chi connectivity index (χ1v) is 13.1. The zero-order chi connectivity index (χ0) is 26.2. The molecule has 0 radical (unpaired) electrons. The van der Waals surface area contributed by atoms with Crippen molar-refractivity contribution in [3.63, 3.8) is 0 Å². The van der Waals surface area contributed by atoms with Crippen molar-refractivity contribution < 1.29 is 21.1 Å². The van der Waals surface area contributed by atoms with Crippen LogP contribution in [0, 0.1) is 0 Å². The van der Waals surface area contributed by atoms with Crippen LogP contribution in [0.2, 0.25) is 0 Å². The van der Waals surface area contributed by atoms with Gasteiger partial charge in [0.25, 0.3) is 0 Å². The van der Waals surface area contributed by atoms with Crippen LogP contribution in [0.15, 0.2) is 97.1 Å². The van der Waals surface area contributed by atoms with Crippen molar-refractivity contribution in [3.8, 4) is 22.8 Å². The molecule has 6 aromatic rings. The summed E-state index contributed by atoms with van der Waals surface area (Å²) in [6.45, 7) is 0. The van der Waals surface area contributed by atoms with Crippen molar-refractivity contribution in [2.75, 3.05) is 0 Å². The molecule has 5 heterocycles. The Bertz CT molecular complexity index is 2110. The number of rotatable bonds is 0. The van der Waals surface area contributed by atoms with Gasteiger partial charge in [0.1, 0.15) is 0 Å². The van der Waals surface area contributed by atoms with E-state index in [0.29, 0.717) is 45.9 Å². The summed E-state index contributed by atoms with van der Waals surface area (Å²) in [6, 6.07) is 24.0. The van der Waals surface area contributed by atoms with Gasteiger partial charge >= 0.3 is 21.1 Å². The first-order chi connectivity index (χ1) is 19.8. The average Bonchev–Trinajstić information content (AvgIpc) is 3.73. The minimum absolute atomic E-state index is 0. The molecule has 2 aliphatic heterocycles. The third-order valence-electron chi connectivity index (χ3n) is 7.69. The number of hydrogen-bond donors (Lipinski definition) is 0. The Morgan fingerprint density at radius 3 is 1.27 bits per heavy atom. The second-order valence-corrected chi connectivity index (χ2v) is 10.0. The minimum atomic E-state index is -0.0384. The van der Waals surface area contributed by atoms with E-state index >= 15 is 0 Å². The van der Waals surface area contributed by atoms with Crippen LogP contribution >= 0.6 is 0 Å². The third kappa shape index (κ3) is 3.64. The third-order valence-corrected chi connectivity index (χ3v) is 7.69. The number of allylic oxidation sites excluding steroid dienone is 4. The number of benzene rings is 3. The van der Waals surface area contributed by atoms with Crippen LogP contribution in [-0.2, 0) is 21.1 Å². The van der Waals surface area contributed by atoms with Gasteiger partial charge in [0.05, 0.1) is 23.3 Å². The van der Waals surface area contributed by atoms with Crippen LogP contribution in [0.5, 0.6) is 0 Å². The predicted octanol–water partition coefficient (Wildman–Crippen LogP) is 5.78. The quantitative estimate of drug-likeness (QED) is 0.195. The number of fused-ring (bicyclic) bond motifs is 20. The largest absolute Gasteiger partial charge is 2.00 e. The maximum Gasteiger partial charge on any atom is 2.00 e. The van der Waals surface area contributed by atoms with Gasteiger partial charge in [-0.15, -0.1) is 0 Å². The molecule has 9 heteroatoms. The van der Waals surface area contributed by atoms with E-state index in [1.165, 1.54) is 0 Å². The summed E-state index contributed by atoms with van der Waals surface area (Å²) in [5.41, 5.74) is 4.11. The maximum absolute atomic E-state index is 5.01. The second kappa shape index (κ2) is 9.11. The molecule has 2 atom stereocenters. The van der Waals surface area contributed by atoms with Crippen LogP contribution in [0.3, 0.4) is 0 Å². The van der Waals surface area contributed by atoms with Crippen molar-refractivity contribution in [1.29, 1.82) is 0 Å².